The van der Waals surface area contributed by atoms with Gasteiger partial charge >= 0.3 is 6.18 Å². The van der Waals surface area contributed by atoms with Crippen LogP contribution < -0.4 is 10.9 Å². The summed E-state index contributed by atoms with van der Waals surface area (Å²) in [6.45, 7) is 7.97. The summed E-state index contributed by atoms with van der Waals surface area (Å²) >= 11 is 0. The molecule has 0 unspecified atom stereocenters. The average molecular weight is 567 g/mol. The van der Waals surface area contributed by atoms with Crippen molar-refractivity contribution >= 4 is 16.8 Å². The molecule has 1 aliphatic rings. The van der Waals surface area contributed by atoms with Gasteiger partial charge in [-0.15, -0.1) is 0 Å². The Morgan fingerprint density at radius 1 is 1.05 bits per heavy atom. The third kappa shape index (κ3) is 6.39. The van der Waals surface area contributed by atoms with Crippen molar-refractivity contribution in [2.75, 3.05) is 26.3 Å². The molecule has 1 aliphatic heterocycles. The lowest BCUT2D eigenvalue weighted by Gasteiger charge is -2.26. The Bertz CT molecular complexity index is 1630. The number of fused-ring (bicyclic) bond motifs is 1. The number of pyridine rings is 1. The molecule has 0 bridgehead atoms. The molecule has 0 saturated carbocycles. The van der Waals surface area contributed by atoms with Gasteiger partial charge < -0.3 is 19.6 Å². The maximum Gasteiger partial charge on any atom is 0.406 e. The van der Waals surface area contributed by atoms with Gasteiger partial charge in [0.2, 0.25) is 0 Å². The van der Waals surface area contributed by atoms with Crippen LogP contribution in [0.5, 0.6) is 0 Å². The van der Waals surface area contributed by atoms with Crippen LogP contribution in [-0.4, -0.2) is 52.8 Å². The van der Waals surface area contributed by atoms with E-state index >= 15 is 0 Å². The van der Waals surface area contributed by atoms with Crippen molar-refractivity contribution in [3.8, 4) is 11.1 Å². The van der Waals surface area contributed by atoms with E-state index in [0.29, 0.717) is 40.8 Å². The molecule has 2 aromatic carbocycles. The van der Waals surface area contributed by atoms with Gasteiger partial charge in [-0.3, -0.25) is 14.5 Å². The highest BCUT2D eigenvalue weighted by molar-refractivity contribution is 6.06. The molecule has 1 fully saturated rings. The molecule has 7 nitrogen and oxygen atoms in total. The minimum absolute atomic E-state index is 0.00705. The fraction of sp³-hybridized carbons (Fsp3) is 0.355. The topological polar surface area (TPSA) is 79.4 Å². The van der Waals surface area contributed by atoms with Crippen LogP contribution in [0.3, 0.4) is 0 Å². The maximum atomic E-state index is 13.5. The van der Waals surface area contributed by atoms with E-state index < -0.39 is 18.6 Å². The van der Waals surface area contributed by atoms with E-state index in [1.54, 1.807) is 32.9 Å². The molecule has 0 aliphatic carbocycles. The molecule has 1 amide bonds. The zero-order chi connectivity index (χ0) is 29.3. The Morgan fingerprint density at radius 2 is 1.76 bits per heavy atom. The van der Waals surface area contributed by atoms with E-state index in [2.05, 4.69) is 15.2 Å². The number of aromatic nitrogens is 2. The maximum absolute atomic E-state index is 13.5. The van der Waals surface area contributed by atoms with Crippen LogP contribution in [0.4, 0.5) is 13.2 Å². The highest BCUT2D eigenvalue weighted by atomic mass is 19.4. The minimum Gasteiger partial charge on any atom is -0.379 e. The number of aryl methyl sites for hydroxylation is 3. The molecule has 3 heterocycles. The Hall–Kier alpha value is -3.89. The van der Waals surface area contributed by atoms with Crippen LogP contribution in [0.2, 0.25) is 0 Å². The number of alkyl halides is 3. The van der Waals surface area contributed by atoms with Crippen molar-refractivity contribution in [2.24, 2.45) is 0 Å². The predicted octanol–water partition coefficient (Wildman–Crippen LogP) is 5.25. The summed E-state index contributed by atoms with van der Waals surface area (Å²) < 4.78 is 47.0. The molecule has 2 N–H and O–H groups in total. The Kier molecular flexibility index (Phi) is 8.06. The van der Waals surface area contributed by atoms with E-state index in [4.69, 9.17) is 4.74 Å². The molecule has 0 spiro atoms. The number of hydrogen-bond acceptors (Lipinski definition) is 4. The second-order valence-electron chi connectivity index (χ2n) is 10.6. The van der Waals surface area contributed by atoms with Crippen molar-refractivity contribution in [3.05, 3.63) is 92.5 Å². The van der Waals surface area contributed by atoms with Crippen molar-refractivity contribution in [1.29, 1.82) is 0 Å². The standard InChI is InChI=1S/C31H33F3N4O3/c1-19-14-20(2)36-30(40)27(19)16-35-29(39)25-15-26(24-8-9-38(18-31(32,33)34)28(24)21(25)3)23-6-4-22(5-7-23)17-37-10-12-41-13-11-37/h4-9,14-15H,10-13,16-18H2,1-3H3,(H,35,39)(H,36,40). The van der Waals surface area contributed by atoms with Crippen molar-refractivity contribution in [2.45, 2.75) is 46.6 Å². The highest BCUT2D eigenvalue weighted by Crippen LogP contribution is 2.35. The number of carbonyl (C=O) groups is 1. The molecular formula is C31H33F3N4O3. The molecule has 41 heavy (non-hydrogen) atoms. The van der Waals surface area contributed by atoms with Crippen molar-refractivity contribution < 1.29 is 22.7 Å². The lowest BCUT2D eigenvalue weighted by atomic mass is 9.94. The monoisotopic (exact) mass is 566 g/mol. The predicted molar refractivity (Wildman–Crippen MR) is 152 cm³/mol. The number of nitrogens with one attached hydrogen (secondary N) is 2. The van der Waals surface area contributed by atoms with Crippen LogP contribution in [0.25, 0.3) is 22.0 Å². The molecule has 2 aromatic heterocycles. The van der Waals surface area contributed by atoms with E-state index in [1.807, 2.05) is 30.3 Å². The quantitative estimate of drug-likeness (QED) is 0.321. The van der Waals surface area contributed by atoms with Gasteiger partial charge in [0.1, 0.15) is 6.54 Å². The smallest absolute Gasteiger partial charge is 0.379 e. The molecular weight excluding hydrogens is 533 g/mol. The number of H-pyrrole nitrogens is 1. The molecule has 0 atom stereocenters. The van der Waals surface area contributed by atoms with Gasteiger partial charge in [-0.2, -0.15) is 13.2 Å². The first-order valence-electron chi connectivity index (χ1n) is 13.6. The molecule has 0 radical (unpaired) electrons. The fourth-order valence-electron chi connectivity index (χ4n) is 5.54. The van der Waals surface area contributed by atoms with Gasteiger partial charge in [0.15, 0.2) is 0 Å². The molecule has 10 heteroatoms. The van der Waals surface area contributed by atoms with Crippen LogP contribution in [0, 0.1) is 20.8 Å². The molecule has 4 aromatic rings. The fourth-order valence-corrected chi connectivity index (χ4v) is 5.54. The third-order valence-electron chi connectivity index (χ3n) is 7.59. The average Bonchev–Trinajstić information content (AvgIpc) is 3.32. The largest absolute Gasteiger partial charge is 0.406 e. The number of ether oxygens (including phenoxy) is 1. The van der Waals surface area contributed by atoms with Crippen LogP contribution >= 0.6 is 0 Å². The van der Waals surface area contributed by atoms with Gasteiger partial charge in [-0.1, -0.05) is 24.3 Å². The Labute approximate surface area is 235 Å². The molecule has 5 rings (SSSR count). The summed E-state index contributed by atoms with van der Waals surface area (Å²) in [5.74, 6) is -0.464. The number of carbonyl (C=O) groups excluding carboxylic acids is 1. The van der Waals surface area contributed by atoms with Gasteiger partial charge in [0.25, 0.3) is 11.5 Å². The highest BCUT2D eigenvalue weighted by Gasteiger charge is 2.29. The van der Waals surface area contributed by atoms with Gasteiger partial charge in [-0.05, 0) is 66.8 Å². The van der Waals surface area contributed by atoms with E-state index in [1.165, 1.54) is 6.20 Å². The number of benzene rings is 2. The normalized spacial score (nSPS) is 14.5. The SMILES string of the molecule is Cc1cc(C)c(CNC(=O)c2cc(-c3ccc(CN4CCOCC4)cc3)c3ccn(CC(F)(F)F)c3c2C)c(=O)[nH]1. The first-order chi connectivity index (χ1) is 19.5. The number of aromatic amines is 1. The molecule has 1 saturated heterocycles. The van der Waals surface area contributed by atoms with Gasteiger partial charge in [-0.25, -0.2) is 0 Å². The summed E-state index contributed by atoms with van der Waals surface area (Å²) in [7, 11) is 0. The first kappa shape index (κ1) is 28.6. The van der Waals surface area contributed by atoms with Crippen LogP contribution in [0.15, 0.2) is 53.5 Å². The summed E-state index contributed by atoms with van der Waals surface area (Å²) in [6, 6.07) is 13.1. The van der Waals surface area contributed by atoms with Crippen molar-refractivity contribution in [1.82, 2.24) is 19.8 Å². The lowest BCUT2D eigenvalue weighted by Crippen LogP contribution is -2.35. The van der Waals surface area contributed by atoms with E-state index in [-0.39, 0.29) is 17.7 Å². The van der Waals surface area contributed by atoms with Crippen LogP contribution in [0.1, 0.15) is 38.3 Å². The summed E-state index contributed by atoms with van der Waals surface area (Å²) in [6.07, 6.45) is -3.01. The number of amides is 1. The number of hydrogen-bond donors (Lipinski definition) is 2. The zero-order valence-electron chi connectivity index (χ0n) is 23.3. The van der Waals surface area contributed by atoms with E-state index in [9.17, 15) is 22.8 Å². The second kappa shape index (κ2) is 11.5. The van der Waals surface area contributed by atoms with Crippen LogP contribution in [-0.2, 0) is 24.4 Å². The second-order valence-corrected chi connectivity index (χ2v) is 10.6. The lowest BCUT2D eigenvalue weighted by molar-refractivity contribution is -0.139. The first-order valence-corrected chi connectivity index (χ1v) is 13.6. The van der Waals surface area contributed by atoms with Crippen molar-refractivity contribution in [3.63, 3.8) is 0 Å². The van der Waals surface area contributed by atoms with Gasteiger partial charge in [0.05, 0.1) is 18.7 Å². The number of nitrogens with zero attached hydrogens (tertiary/aromatic N) is 2. The third-order valence-corrected chi connectivity index (χ3v) is 7.59. The summed E-state index contributed by atoms with van der Waals surface area (Å²) in [5.41, 5.74) is 5.24. The Balaban J connectivity index is 1.51. The summed E-state index contributed by atoms with van der Waals surface area (Å²) in [4.78, 5) is 31.0. The zero-order valence-corrected chi connectivity index (χ0v) is 23.3. The minimum atomic E-state index is -4.43. The molecule has 216 valence electrons. The van der Waals surface area contributed by atoms with Gasteiger partial charge in [0, 0.05) is 54.6 Å². The Morgan fingerprint density at radius 3 is 2.41 bits per heavy atom. The number of rotatable bonds is 7. The summed E-state index contributed by atoms with van der Waals surface area (Å²) in [5, 5.41) is 3.44. The number of halogens is 3. The van der Waals surface area contributed by atoms with E-state index in [0.717, 1.165) is 46.6 Å². The number of morpholine rings is 1.